The molecule has 2 rings (SSSR count). The average Bonchev–Trinajstić information content (AvgIpc) is 2.46. The van der Waals surface area contributed by atoms with Crippen molar-refractivity contribution in [3.63, 3.8) is 0 Å². The van der Waals surface area contributed by atoms with Crippen LogP contribution in [0.2, 0.25) is 0 Å². The molecule has 0 aromatic rings. The van der Waals surface area contributed by atoms with Crippen LogP contribution in [-0.4, -0.2) is 49.8 Å². The van der Waals surface area contributed by atoms with Gasteiger partial charge in [0, 0.05) is 12.6 Å². The summed E-state index contributed by atoms with van der Waals surface area (Å²) in [5, 5.41) is 3.81. The molecular formula is C16H32N2O. The van der Waals surface area contributed by atoms with Crippen molar-refractivity contribution in [2.75, 3.05) is 32.8 Å². The van der Waals surface area contributed by atoms with Gasteiger partial charge in [-0.25, -0.2) is 0 Å². The Morgan fingerprint density at radius 2 is 1.95 bits per heavy atom. The van der Waals surface area contributed by atoms with Crippen molar-refractivity contribution < 1.29 is 4.74 Å². The molecule has 2 atom stereocenters. The maximum absolute atomic E-state index is 5.84. The highest BCUT2D eigenvalue weighted by molar-refractivity contribution is 4.81. The number of hydrogen-bond donors (Lipinski definition) is 1. The molecular weight excluding hydrogens is 236 g/mol. The number of likely N-dealkylation sites (tertiary alicyclic amines) is 1. The minimum atomic E-state index is 0.466. The van der Waals surface area contributed by atoms with Crippen LogP contribution in [0.3, 0.4) is 0 Å². The molecule has 0 aliphatic carbocycles. The molecule has 3 nitrogen and oxygen atoms in total. The lowest BCUT2D eigenvalue weighted by atomic mass is 9.93. The third-order valence-corrected chi connectivity index (χ3v) is 4.91. The van der Waals surface area contributed by atoms with Crippen molar-refractivity contribution in [1.29, 1.82) is 0 Å². The molecule has 0 aromatic carbocycles. The summed E-state index contributed by atoms with van der Waals surface area (Å²) in [4.78, 5) is 2.57. The van der Waals surface area contributed by atoms with Gasteiger partial charge in [0.1, 0.15) is 0 Å². The zero-order chi connectivity index (χ0) is 13.7. The lowest BCUT2D eigenvalue weighted by molar-refractivity contribution is -0.0250. The summed E-state index contributed by atoms with van der Waals surface area (Å²) in [7, 11) is 0. The van der Waals surface area contributed by atoms with Crippen LogP contribution < -0.4 is 5.32 Å². The molecule has 2 aliphatic heterocycles. The Labute approximate surface area is 119 Å². The van der Waals surface area contributed by atoms with Crippen molar-refractivity contribution >= 4 is 0 Å². The molecule has 0 bridgehead atoms. The van der Waals surface area contributed by atoms with Gasteiger partial charge >= 0.3 is 0 Å². The van der Waals surface area contributed by atoms with E-state index < -0.39 is 0 Å². The second-order valence-electron chi connectivity index (χ2n) is 6.66. The third kappa shape index (κ3) is 4.73. The van der Waals surface area contributed by atoms with Gasteiger partial charge in [-0.05, 0) is 63.7 Å². The fraction of sp³-hybridized carbons (Fsp3) is 1.00. The first-order valence-electron chi connectivity index (χ1n) is 8.26. The fourth-order valence-electron chi connectivity index (χ4n) is 3.32. The van der Waals surface area contributed by atoms with Gasteiger partial charge in [-0.3, -0.25) is 0 Å². The van der Waals surface area contributed by atoms with Gasteiger partial charge in [0.15, 0.2) is 0 Å². The summed E-state index contributed by atoms with van der Waals surface area (Å²) < 4.78 is 5.84. The van der Waals surface area contributed by atoms with Crippen LogP contribution in [0, 0.1) is 11.8 Å². The summed E-state index contributed by atoms with van der Waals surface area (Å²) in [5.41, 5.74) is 0. The third-order valence-electron chi connectivity index (χ3n) is 4.91. The molecule has 2 saturated heterocycles. The zero-order valence-electron chi connectivity index (χ0n) is 13.0. The van der Waals surface area contributed by atoms with Crippen molar-refractivity contribution in [1.82, 2.24) is 10.2 Å². The molecule has 2 unspecified atom stereocenters. The number of hydrogen-bond acceptors (Lipinski definition) is 3. The molecule has 2 aliphatic rings. The highest BCUT2D eigenvalue weighted by Gasteiger charge is 2.25. The van der Waals surface area contributed by atoms with Crippen LogP contribution in [0.4, 0.5) is 0 Å². The minimum absolute atomic E-state index is 0.466. The van der Waals surface area contributed by atoms with Gasteiger partial charge < -0.3 is 15.0 Å². The van der Waals surface area contributed by atoms with Crippen molar-refractivity contribution in [2.24, 2.45) is 11.8 Å². The molecule has 0 radical (unpaired) electrons. The lowest BCUT2D eigenvalue weighted by Crippen LogP contribution is -2.44. The van der Waals surface area contributed by atoms with E-state index in [0.717, 1.165) is 12.5 Å². The van der Waals surface area contributed by atoms with E-state index in [-0.39, 0.29) is 0 Å². The average molecular weight is 268 g/mol. The van der Waals surface area contributed by atoms with E-state index >= 15 is 0 Å². The first kappa shape index (κ1) is 15.3. The standard InChI is InChI=1S/C16H32N2O/c1-4-18-8-5-14(6-9-18)12-17-15-7-10-19-16(11-15)13(2)3/h13-17H,4-12H2,1-3H3. The first-order chi connectivity index (χ1) is 9.19. The van der Waals surface area contributed by atoms with Crippen LogP contribution >= 0.6 is 0 Å². The van der Waals surface area contributed by atoms with Crippen molar-refractivity contribution in [2.45, 2.75) is 58.6 Å². The van der Waals surface area contributed by atoms with Crippen molar-refractivity contribution in [3.8, 4) is 0 Å². The highest BCUT2D eigenvalue weighted by Crippen LogP contribution is 2.21. The van der Waals surface area contributed by atoms with Gasteiger partial charge in [0.2, 0.25) is 0 Å². The Balaban J connectivity index is 1.65. The predicted octanol–water partition coefficient (Wildman–Crippen LogP) is 2.51. The topological polar surface area (TPSA) is 24.5 Å². The summed E-state index contributed by atoms with van der Waals surface area (Å²) in [6.07, 6.45) is 5.60. The maximum atomic E-state index is 5.84. The van der Waals surface area contributed by atoms with Gasteiger partial charge in [0.25, 0.3) is 0 Å². The molecule has 0 amide bonds. The summed E-state index contributed by atoms with van der Waals surface area (Å²) in [5.74, 6) is 1.54. The number of nitrogens with zero attached hydrogens (tertiary/aromatic N) is 1. The Morgan fingerprint density at radius 1 is 1.21 bits per heavy atom. The molecule has 3 heteroatoms. The monoisotopic (exact) mass is 268 g/mol. The Hall–Kier alpha value is -0.120. The normalized spacial score (nSPS) is 30.9. The quantitative estimate of drug-likeness (QED) is 0.829. The van der Waals surface area contributed by atoms with Gasteiger partial charge in [-0.2, -0.15) is 0 Å². The number of piperidine rings is 1. The Bertz CT molecular complexity index is 249. The largest absolute Gasteiger partial charge is 0.378 e. The number of rotatable bonds is 5. The van der Waals surface area contributed by atoms with Crippen LogP contribution in [0.15, 0.2) is 0 Å². The van der Waals surface area contributed by atoms with Crippen LogP contribution in [0.1, 0.15) is 46.5 Å². The van der Waals surface area contributed by atoms with Gasteiger partial charge in [-0.1, -0.05) is 20.8 Å². The molecule has 2 fully saturated rings. The van der Waals surface area contributed by atoms with E-state index in [1.54, 1.807) is 0 Å². The Kier molecular flexibility index (Phi) is 6.11. The van der Waals surface area contributed by atoms with E-state index in [0.29, 0.717) is 18.1 Å². The highest BCUT2D eigenvalue weighted by atomic mass is 16.5. The molecule has 2 heterocycles. The molecule has 0 aromatic heterocycles. The smallest absolute Gasteiger partial charge is 0.0612 e. The molecule has 0 saturated carbocycles. The number of nitrogens with one attached hydrogen (secondary N) is 1. The summed E-state index contributed by atoms with van der Waals surface area (Å²) in [6, 6.07) is 0.686. The number of ether oxygens (including phenoxy) is 1. The second kappa shape index (κ2) is 7.61. The lowest BCUT2D eigenvalue weighted by Gasteiger charge is -2.35. The Morgan fingerprint density at radius 3 is 2.58 bits per heavy atom. The SMILES string of the molecule is CCN1CCC(CNC2CCOC(C(C)C)C2)CC1. The van der Waals surface area contributed by atoms with E-state index in [2.05, 4.69) is 31.0 Å². The van der Waals surface area contributed by atoms with Crippen LogP contribution in [0.25, 0.3) is 0 Å². The maximum Gasteiger partial charge on any atom is 0.0612 e. The van der Waals surface area contributed by atoms with Gasteiger partial charge in [0.05, 0.1) is 6.10 Å². The van der Waals surface area contributed by atoms with Crippen LogP contribution in [-0.2, 0) is 4.74 Å². The second-order valence-corrected chi connectivity index (χ2v) is 6.66. The molecule has 19 heavy (non-hydrogen) atoms. The minimum Gasteiger partial charge on any atom is -0.378 e. The van der Waals surface area contributed by atoms with E-state index in [4.69, 9.17) is 4.74 Å². The summed E-state index contributed by atoms with van der Waals surface area (Å²) >= 11 is 0. The zero-order valence-corrected chi connectivity index (χ0v) is 13.0. The van der Waals surface area contributed by atoms with E-state index in [1.165, 1.54) is 51.9 Å². The summed E-state index contributed by atoms with van der Waals surface area (Å²) in [6.45, 7) is 12.8. The predicted molar refractivity (Wildman–Crippen MR) is 80.4 cm³/mol. The first-order valence-corrected chi connectivity index (χ1v) is 8.26. The fourth-order valence-corrected chi connectivity index (χ4v) is 3.32. The van der Waals surface area contributed by atoms with Crippen LogP contribution in [0.5, 0.6) is 0 Å². The molecule has 0 spiro atoms. The molecule has 1 N–H and O–H groups in total. The molecule has 112 valence electrons. The van der Waals surface area contributed by atoms with E-state index in [1.807, 2.05) is 0 Å². The van der Waals surface area contributed by atoms with Crippen molar-refractivity contribution in [3.05, 3.63) is 0 Å². The van der Waals surface area contributed by atoms with Gasteiger partial charge in [-0.15, -0.1) is 0 Å². The van der Waals surface area contributed by atoms with E-state index in [9.17, 15) is 0 Å².